The topological polar surface area (TPSA) is 37.8 Å². The van der Waals surface area contributed by atoms with Gasteiger partial charge in [0.1, 0.15) is 10.0 Å². The molecule has 0 radical (unpaired) electrons. The van der Waals surface area contributed by atoms with Crippen molar-refractivity contribution in [3.8, 4) is 0 Å². The molecule has 74 valence electrons. The summed E-state index contributed by atoms with van der Waals surface area (Å²) in [5, 5.41) is 13.8. The highest BCUT2D eigenvalue weighted by molar-refractivity contribution is 7.11. The first-order chi connectivity index (χ1) is 6.09. The molecule has 0 aliphatic rings. The Morgan fingerprint density at radius 2 is 1.92 bits per heavy atom. The molecule has 1 aromatic rings. The second-order valence-electron chi connectivity index (χ2n) is 3.72. The van der Waals surface area contributed by atoms with Crippen molar-refractivity contribution in [1.82, 2.24) is 15.5 Å². The SMILES string of the molecule is CC(C)NCc1nnc(C(C)C)s1. The molecule has 0 unspecified atom stereocenters. The Hall–Kier alpha value is -0.480. The first-order valence-corrected chi connectivity index (χ1v) is 5.47. The van der Waals surface area contributed by atoms with E-state index in [1.165, 1.54) is 0 Å². The third kappa shape index (κ3) is 3.40. The van der Waals surface area contributed by atoms with Crippen molar-refractivity contribution in [1.29, 1.82) is 0 Å². The molecule has 0 aliphatic carbocycles. The van der Waals surface area contributed by atoms with E-state index in [4.69, 9.17) is 0 Å². The molecule has 4 heteroatoms. The Morgan fingerprint density at radius 3 is 2.38 bits per heavy atom. The van der Waals surface area contributed by atoms with Crippen LogP contribution in [0.2, 0.25) is 0 Å². The van der Waals surface area contributed by atoms with Crippen LogP contribution in [0, 0.1) is 0 Å². The summed E-state index contributed by atoms with van der Waals surface area (Å²) in [6.45, 7) is 9.37. The number of aromatic nitrogens is 2. The molecule has 3 nitrogen and oxygen atoms in total. The van der Waals surface area contributed by atoms with E-state index in [0.717, 1.165) is 16.6 Å². The number of hydrogen-bond acceptors (Lipinski definition) is 4. The van der Waals surface area contributed by atoms with Crippen molar-refractivity contribution in [2.75, 3.05) is 0 Å². The van der Waals surface area contributed by atoms with Crippen LogP contribution < -0.4 is 5.32 Å². The Labute approximate surface area is 83.6 Å². The van der Waals surface area contributed by atoms with Crippen molar-refractivity contribution < 1.29 is 0 Å². The van der Waals surface area contributed by atoms with Crippen LogP contribution in [0.25, 0.3) is 0 Å². The van der Waals surface area contributed by atoms with E-state index < -0.39 is 0 Å². The summed E-state index contributed by atoms with van der Waals surface area (Å²) in [4.78, 5) is 0. The Morgan fingerprint density at radius 1 is 1.23 bits per heavy atom. The minimum absolute atomic E-state index is 0.491. The van der Waals surface area contributed by atoms with Crippen LogP contribution in [-0.2, 0) is 6.54 Å². The molecule has 1 heterocycles. The minimum atomic E-state index is 0.491. The van der Waals surface area contributed by atoms with Crippen LogP contribution in [-0.4, -0.2) is 16.2 Å². The smallest absolute Gasteiger partial charge is 0.131 e. The van der Waals surface area contributed by atoms with Crippen molar-refractivity contribution in [2.24, 2.45) is 0 Å². The molecule has 1 N–H and O–H groups in total. The molecular formula is C9H17N3S. The van der Waals surface area contributed by atoms with Gasteiger partial charge in [0.05, 0.1) is 0 Å². The summed E-state index contributed by atoms with van der Waals surface area (Å²) in [5.74, 6) is 0.491. The van der Waals surface area contributed by atoms with Crippen LogP contribution in [0.4, 0.5) is 0 Å². The molecule has 0 atom stereocenters. The molecule has 0 spiro atoms. The van der Waals surface area contributed by atoms with E-state index in [2.05, 4.69) is 43.2 Å². The highest BCUT2D eigenvalue weighted by Crippen LogP contribution is 2.18. The lowest BCUT2D eigenvalue weighted by atomic mass is 10.2. The third-order valence-corrected chi connectivity index (χ3v) is 2.86. The zero-order chi connectivity index (χ0) is 9.84. The number of nitrogens with zero attached hydrogens (tertiary/aromatic N) is 2. The lowest BCUT2D eigenvalue weighted by Gasteiger charge is -2.03. The maximum absolute atomic E-state index is 4.12. The second-order valence-corrected chi connectivity index (χ2v) is 4.82. The van der Waals surface area contributed by atoms with Crippen molar-refractivity contribution >= 4 is 11.3 Å². The Balaban J connectivity index is 2.49. The fourth-order valence-electron chi connectivity index (χ4n) is 0.863. The normalized spacial score (nSPS) is 11.5. The molecule has 0 bridgehead atoms. The molecule has 0 aliphatic heterocycles. The van der Waals surface area contributed by atoms with Crippen molar-refractivity contribution in [2.45, 2.75) is 46.2 Å². The first kappa shape index (κ1) is 10.6. The van der Waals surface area contributed by atoms with Crippen LogP contribution in [0.3, 0.4) is 0 Å². The summed E-state index contributed by atoms with van der Waals surface area (Å²) in [7, 11) is 0. The van der Waals surface area contributed by atoms with E-state index in [1.807, 2.05) is 0 Å². The van der Waals surface area contributed by atoms with Gasteiger partial charge in [0.2, 0.25) is 0 Å². The lowest BCUT2D eigenvalue weighted by Crippen LogP contribution is -2.21. The van der Waals surface area contributed by atoms with Gasteiger partial charge in [-0.05, 0) is 0 Å². The molecule has 0 amide bonds. The molecule has 0 saturated carbocycles. The van der Waals surface area contributed by atoms with Gasteiger partial charge in [-0.2, -0.15) is 0 Å². The monoisotopic (exact) mass is 199 g/mol. The quantitative estimate of drug-likeness (QED) is 0.807. The van der Waals surface area contributed by atoms with Crippen LogP contribution in [0.1, 0.15) is 43.6 Å². The summed E-state index contributed by atoms with van der Waals surface area (Å²) < 4.78 is 0. The molecule has 0 saturated heterocycles. The Bertz CT molecular complexity index is 255. The van der Waals surface area contributed by atoms with Crippen LogP contribution in [0.5, 0.6) is 0 Å². The predicted octanol–water partition coefficient (Wildman–Crippen LogP) is 2.16. The van der Waals surface area contributed by atoms with E-state index in [-0.39, 0.29) is 0 Å². The van der Waals surface area contributed by atoms with Crippen molar-refractivity contribution in [3.63, 3.8) is 0 Å². The van der Waals surface area contributed by atoms with Crippen LogP contribution in [0.15, 0.2) is 0 Å². The fraction of sp³-hybridized carbons (Fsp3) is 0.778. The molecule has 0 fully saturated rings. The van der Waals surface area contributed by atoms with Crippen molar-refractivity contribution in [3.05, 3.63) is 10.0 Å². The highest BCUT2D eigenvalue weighted by atomic mass is 32.1. The van der Waals surface area contributed by atoms with Gasteiger partial charge in [-0.3, -0.25) is 0 Å². The van der Waals surface area contributed by atoms with Gasteiger partial charge in [0.25, 0.3) is 0 Å². The summed E-state index contributed by atoms with van der Waals surface area (Å²) in [6, 6.07) is 0.506. The van der Waals surface area contributed by atoms with Gasteiger partial charge >= 0.3 is 0 Å². The average Bonchev–Trinajstić information content (AvgIpc) is 2.48. The molecule has 1 aromatic heterocycles. The zero-order valence-corrected chi connectivity index (χ0v) is 9.48. The minimum Gasteiger partial charge on any atom is -0.308 e. The lowest BCUT2D eigenvalue weighted by molar-refractivity contribution is 0.584. The predicted molar refractivity (Wildman–Crippen MR) is 56.0 cm³/mol. The van der Waals surface area contributed by atoms with Crippen LogP contribution >= 0.6 is 11.3 Å². The standard InChI is InChI=1S/C9H17N3S/c1-6(2)9-12-11-8(13-9)5-10-7(3)4/h6-7,10H,5H2,1-4H3. The van der Waals surface area contributed by atoms with Gasteiger partial charge in [-0.1, -0.05) is 39.0 Å². The average molecular weight is 199 g/mol. The van der Waals surface area contributed by atoms with Gasteiger partial charge in [-0.15, -0.1) is 10.2 Å². The largest absolute Gasteiger partial charge is 0.308 e. The van der Waals surface area contributed by atoms with E-state index in [0.29, 0.717) is 12.0 Å². The van der Waals surface area contributed by atoms with Gasteiger partial charge in [0.15, 0.2) is 0 Å². The summed E-state index contributed by atoms with van der Waals surface area (Å²) in [5.41, 5.74) is 0. The first-order valence-electron chi connectivity index (χ1n) is 4.65. The molecule has 1 rings (SSSR count). The van der Waals surface area contributed by atoms with E-state index in [9.17, 15) is 0 Å². The number of hydrogen-bond donors (Lipinski definition) is 1. The van der Waals surface area contributed by atoms with Gasteiger partial charge in [0, 0.05) is 18.5 Å². The summed E-state index contributed by atoms with van der Waals surface area (Å²) in [6.07, 6.45) is 0. The maximum atomic E-state index is 4.12. The van der Waals surface area contributed by atoms with E-state index in [1.54, 1.807) is 11.3 Å². The number of rotatable bonds is 4. The molecule has 0 aromatic carbocycles. The third-order valence-electron chi connectivity index (χ3n) is 1.64. The number of nitrogens with one attached hydrogen (secondary N) is 1. The maximum Gasteiger partial charge on any atom is 0.131 e. The van der Waals surface area contributed by atoms with E-state index >= 15 is 0 Å². The fourth-order valence-corrected chi connectivity index (χ4v) is 1.66. The molecular weight excluding hydrogens is 182 g/mol. The van der Waals surface area contributed by atoms with Gasteiger partial charge < -0.3 is 5.32 Å². The highest BCUT2D eigenvalue weighted by Gasteiger charge is 2.07. The Kier molecular flexibility index (Phi) is 3.81. The molecule has 13 heavy (non-hydrogen) atoms. The zero-order valence-electron chi connectivity index (χ0n) is 8.66. The summed E-state index contributed by atoms with van der Waals surface area (Å²) >= 11 is 1.70. The van der Waals surface area contributed by atoms with Gasteiger partial charge in [-0.25, -0.2) is 0 Å². The second kappa shape index (κ2) is 4.67.